The van der Waals surface area contributed by atoms with Crippen molar-refractivity contribution < 1.29 is 9.18 Å². The van der Waals surface area contributed by atoms with Crippen molar-refractivity contribution in [1.29, 1.82) is 0 Å². The van der Waals surface area contributed by atoms with Crippen LogP contribution in [0.3, 0.4) is 0 Å². The van der Waals surface area contributed by atoms with Gasteiger partial charge in [0.15, 0.2) is 0 Å². The lowest BCUT2D eigenvalue weighted by Crippen LogP contribution is -2.23. The topological polar surface area (TPSA) is 41.5 Å². The number of carbonyl (C=O) groups excluding carboxylic acids is 1. The van der Waals surface area contributed by atoms with Gasteiger partial charge < -0.3 is 0 Å². The number of amides is 1. The van der Waals surface area contributed by atoms with Crippen LogP contribution < -0.4 is 5.43 Å². The fourth-order valence-electron chi connectivity index (χ4n) is 2.49. The smallest absolute Gasteiger partial charge is 0.267 e. The Morgan fingerprint density at radius 3 is 2.52 bits per heavy atom. The summed E-state index contributed by atoms with van der Waals surface area (Å²) < 4.78 is 13.5. The first kappa shape index (κ1) is 13.5. The number of hydrazone groups is 1. The number of benzene rings is 2. The Morgan fingerprint density at radius 1 is 1.00 bits per heavy atom. The van der Waals surface area contributed by atoms with Gasteiger partial charge in [0.2, 0.25) is 0 Å². The number of halogens is 1. The van der Waals surface area contributed by atoms with Crippen molar-refractivity contribution in [1.82, 2.24) is 5.43 Å². The van der Waals surface area contributed by atoms with Gasteiger partial charge in [0, 0.05) is 12.1 Å². The first-order valence-electron chi connectivity index (χ1n) is 6.91. The number of nitrogens with one attached hydrogen (secondary N) is 1. The van der Waals surface area contributed by atoms with E-state index in [1.54, 1.807) is 12.1 Å². The first-order chi connectivity index (χ1) is 10.2. The predicted octanol–water partition coefficient (Wildman–Crippen LogP) is 3.10. The highest BCUT2D eigenvalue weighted by Gasteiger charge is 2.15. The Bertz CT molecular complexity index is 709. The monoisotopic (exact) mass is 282 g/mol. The summed E-state index contributed by atoms with van der Waals surface area (Å²) in [6.45, 7) is 0. The molecule has 0 bridgehead atoms. The lowest BCUT2D eigenvalue weighted by atomic mass is 9.90. The minimum absolute atomic E-state index is 0.0121. The zero-order chi connectivity index (χ0) is 14.7. The number of nitrogens with zero attached hydrogens (tertiary/aromatic N) is 1. The number of rotatable bonds is 2. The molecule has 1 amide bonds. The average molecular weight is 282 g/mol. The maximum Gasteiger partial charge on any atom is 0.274 e. The molecule has 3 rings (SSSR count). The molecule has 0 unspecified atom stereocenters. The molecule has 1 aliphatic rings. The zero-order valence-electron chi connectivity index (χ0n) is 11.5. The highest BCUT2D eigenvalue weighted by atomic mass is 19.1. The van der Waals surface area contributed by atoms with Gasteiger partial charge in [-0.1, -0.05) is 36.4 Å². The Morgan fingerprint density at radius 2 is 1.71 bits per heavy atom. The molecule has 0 saturated carbocycles. The quantitative estimate of drug-likeness (QED) is 0.845. The molecule has 2 aromatic carbocycles. The van der Waals surface area contributed by atoms with Crippen LogP contribution in [0, 0.1) is 5.82 Å². The van der Waals surface area contributed by atoms with E-state index < -0.39 is 11.7 Å². The van der Waals surface area contributed by atoms with Crippen LogP contribution in [0.5, 0.6) is 0 Å². The van der Waals surface area contributed by atoms with Gasteiger partial charge >= 0.3 is 0 Å². The lowest BCUT2D eigenvalue weighted by Gasteiger charge is -2.17. The van der Waals surface area contributed by atoms with Gasteiger partial charge in [-0.25, -0.2) is 9.82 Å². The summed E-state index contributed by atoms with van der Waals surface area (Å²) in [5.41, 5.74) is 5.95. The molecule has 106 valence electrons. The van der Waals surface area contributed by atoms with E-state index in [4.69, 9.17) is 0 Å². The fraction of sp³-hybridized carbons (Fsp3) is 0.176. The molecule has 0 aromatic heterocycles. The summed E-state index contributed by atoms with van der Waals surface area (Å²) in [5, 5.41) is 4.15. The predicted molar refractivity (Wildman–Crippen MR) is 79.8 cm³/mol. The molecule has 0 saturated heterocycles. The van der Waals surface area contributed by atoms with Crippen molar-refractivity contribution in [3.63, 3.8) is 0 Å². The summed E-state index contributed by atoms with van der Waals surface area (Å²) in [7, 11) is 0. The number of hydrogen-bond acceptors (Lipinski definition) is 2. The largest absolute Gasteiger partial charge is 0.274 e. The summed E-state index contributed by atoms with van der Waals surface area (Å²) in [6, 6.07) is 14.1. The van der Waals surface area contributed by atoms with E-state index in [0.717, 1.165) is 25.0 Å². The van der Waals surface area contributed by atoms with Crippen molar-refractivity contribution in [2.45, 2.75) is 19.3 Å². The minimum Gasteiger partial charge on any atom is -0.267 e. The molecular weight excluding hydrogens is 267 g/mol. The van der Waals surface area contributed by atoms with Crippen LogP contribution in [-0.4, -0.2) is 11.6 Å². The van der Waals surface area contributed by atoms with Gasteiger partial charge in [0.05, 0.1) is 5.56 Å². The van der Waals surface area contributed by atoms with Crippen LogP contribution >= 0.6 is 0 Å². The van der Waals surface area contributed by atoms with Crippen LogP contribution in [-0.2, 0) is 12.8 Å². The van der Waals surface area contributed by atoms with Crippen LogP contribution in [0.15, 0.2) is 53.6 Å². The van der Waals surface area contributed by atoms with Gasteiger partial charge in [-0.2, -0.15) is 5.10 Å². The van der Waals surface area contributed by atoms with Crippen LogP contribution in [0.25, 0.3) is 0 Å². The van der Waals surface area contributed by atoms with E-state index in [2.05, 4.69) is 22.7 Å². The van der Waals surface area contributed by atoms with E-state index in [-0.39, 0.29) is 5.56 Å². The van der Waals surface area contributed by atoms with Crippen molar-refractivity contribution in [2.24, 2.45) is 5.10 Å². The van der Waals surface area contributed by atoms with E-state index in [9.17, 15) is 9.18 Å². The van der Waals surface area contributed by atoms with E-state index >= 15 is 0 Å². The third-order valence-corrected chi connectivity index (χ3v) is 3.63. The minimum atomic E-state index is -0.538. The fourth-order valence-corrected chi connectivity index (χ4v) is 2.49. The number of aryl methyl sites for hydroxylation is 1. The SMILES string of the molecule is O=C(N/N=C1/CCc2ccccc2C1)c1ccccc1F. The second-order valence-corrected chi connectivity index (χ2v) is 5.04. The highest BCUT2D eigenvalue weighted by Crippen LogP contribution is 2.19. The van der Waals surface area contributed by atoms with E-state index in [1.807, 2.05) is 12.1 Å². The second kappa shape index (κ2) is 5.87. The number of fused-ring (bicyclic) bond motifs is 1. The zero-order valence-corrected chi connectivity index (χ0v) is 11.5. The summed E-state index contributed by atoms with van der Waals surface area (Å²) in [4.78, 5) is 11.9. The molecule has 0 aliphatic heterocycles. The molecule has 0 atom stereocenters. The van der Waals surface area contributed by atoms with E-state index in [0.29, 0.717) is 0 Å². The molecule has 21 heavy (non-hydrogen) atoms. The molecule has 0 radical (unpaired) electrons. The standard InChI is InChI=1S/C17H15FN2O/c18-16-8-4-3-7-15(16)17(21)20-19-14-10-9-12-5-1-2-6-13(12)11-14/h1-8H,9-11H2,(H,20,21)/b19-14-. The van der Waals surface area contributed by atoms with Crippen LogP contribution in [0.2, 0.25) is 0 Å². The normalized spacial score (nSPS) is 15.6. The summed E-state index contributed by atoms with van der Waals surface area (Å²) >= 11 is 0. The molecule has 1 N–H and O–H groups in total. The van der Waals surface area contributed by atoms with Crippen LogP contribution in [0.4, 0.5) is 4.39 Å². The van der Waals surface area contributed by atoms with E-state index in [1.165, 1.54) is 23.3 Å². The van der Waals surface area contributed by atoms with Gasteiger partial charge in [0.25, 0.3) is 5.91 Å². The molecular formula is C17H15FN2O. The summed E-state index contributed by atoms with van der Waals surface area (Å²) in [5.74, 6) is -1.05. The highest BCUT2D eigenvalue weighted by molar-refractivity contribution is 5.96. The maximum absolute atomic E-state index is 13.5. The van der Waals surface area contributed by atoms with Gasteiger partial charge in [-0.05, 0) is 36.1 Å². The average Bonchev–Trinajstić information content (AvgIpc) is 2.53. The van der Waals surface area contributed by atoms with Crippen molar-refractivity contribution in [3.8, 4) is 0 Å². The molecule has 0 heterocycles. The van der Waals surface area contributed by atoms with Gasteiger partial charge in [-0.3, -0.25) is 4.79 Å². The molecule has 4 heteroatoms. The lowest BCUT2D eigenvalue weighted by molar-refractivity contribution is 0.0950. The van der Waals surface area contributed by atoms with Crippen molar-refractivity contribution >= 4 is 11.6 Å². The third-order valence-electron chi connectivity index (χ3n) is 3.63. The Labute approximate surface area is 122 Å². The Balaban J connectivity index is 1.70. The van der Waals surface area contributed by atoms with Crippen LogP contribution in [0.1, 0.15) is 27.9 Å². The summed E-state index contributed by atoms with van der Waals surface area (Å²) in [6.07, 6.45) is 2.47. The van der Waals surface area contributed by atoms with Gasteiger partial charge in [-0.15, -0.1) is 0 Å². The molecule has 0 fully saturated rings. The molecule has 0 spiro atoms. The molecule has 3 nitrogen and oxygen atoms in total. The second-order valence-electron chi connectivity index (χ2n) is 5.04. The third kappa shape index (κ3) is 2.99. The first-order valence-corrected chi connectivity index (χ1v) is 6.91. The number of hydrogen-bond donors (Lipinski definition) is 1. The van der Waals surface area contributed by atoms with Crippen molar-refractivity contribution in [3.05, 3.63) is 71.0 Å². The van der Waals surface area contributed by atoms with Gasteiger partial charge in [0.1, 0.15) is 5.82 Å². The van der Waals surface area contributed by atoms with Crippen molar-refractivity contribution in [2.75, 3.05) is 0 Å². The maximum atomic E-state index is 13.5. The Kier molecular flexibility index (Phi) is 3.77. The molecule has 2 aromatic rings. The molecule has 1 aliphatic carbocycles. The Hall–Kier alpha value is -2.49. The number of carbonyl (C=O) groups is 1.